The summed E-state index contributed by atoms with van der Waals surface area (Å²) in [6, 6.07) is 0.312. The van der Waals surface area contributed by atoms with E-state index in [0.717, 1.165) is 19.1 Å². The fourth-order valence-corrected chi connectivity index (χ4v) is 1.90. The Hall–Kier alpha value is -1.57. The fraction of sp³-hybridized carbons (Fsp3) is 0.556. The first-order valence-electron chi connectivity index (χ1n) is 5.22. The van der Waals surface area contributed by atoms with Gasteiger partial charge in [-0.15, -0.1) is 0 Å². The van der Waals surface area contributed by atoms with Gasteiger partial charge in [-0.3, -0.25) is 14.2 Å². The summed E-state index contributed by atoms with van der Waals surface area (Å²) < 4.78 is 25.6. The monoisotopic (exact) mass is 258 g/mol. The molecule has 17 heavy (non-hydrogen) atoms. The van der Waals surface area contributed by atoms with E-state index < -0.39 is 10.0 Å². The number of hydrogen-bond acceptors (Lipinski definition) is 4. The smallest absolute Gasteiger partial charge is 0.241 e. The zero-order valence-electron chi connectivity index (χ0n) is 9.38. The maximum absolute atomic E-state index is 11.4. The third-order valence-corrected chi connectivity index (χ3v) is 2.79. The van der Waals surface area contributed by atoms with Crippen LogP contribution in [0.2, 0.25) is 0 Å². The van der Waals surface area contributed by atoms with E-state index >= 15 is 0 Å². The predicted molar refractivity (Wildman–Crippen MR) is 61.9 cm³/mol. The van der Waals surface area contributed by atoms with Gasteiger partial charge in [0.15, 0.2) is 0 Å². The van der Waals surface area contributed by atoms with Gasteiger partial charge in [0, 0.05) is 12.2 Å². The van der Waals surface area contributed by atoms with Crippen molar-refractivity contribution in [2.45, 2.75) is 25.4 Å². The predicted octanol–water partition coefficient (Wildman–Crippen LogP) is -0.467. The average Bonchev–Trinajstić information content (AvgIpc) is 2.86. The van der Waals surface area contributed by atoms with E-state index in [9.17, 15) is 13.2 Å². The maximum atomic E-state index is 11.4. The van der Waals surface area contributed by atoms with Crippen molar-refractivity contribution in [2.24, 2.45) is 0 Å². The molecule has 94 valence electrons. The minimum atomic E-state index is -3.31. The Labute approximate surface area is 99.2 Å². The van der Waals surface area contributed by atoms with Crippen LogP contribution in [-0.4, -0.2) is 36.4 Å². The number of rotatable bonds is 5. The van der Waals surface area contributed by atoms with Gasteiger partial charge in [-0.1, -0.05) is 0 Å². The van der Waals surface area contributed by atoms with E-state index in [1.165, 1.54) is 17.1 Å². The van der Waals surface area contributed by atoms with Crippen LogP contribution in [0.4, 0.5) is 5.69 Å². The molecule has 0 saturated heterocycles. The molecule has 8 heteroatoms. The average molecular weight is 258 g/mol. The van der Waals surface area contributed by atoms with Gasteiger partial charge in [0.2, 0.25) is 15.9 Å². The number of anilines is 1. The first kappa shape index (κ1) is 11.9. The van der Waals surface area contributed by atoms with Crippen molar-refractivity contribution in [3.8, 4) is 0 Å². The summed E-state index contributed by atoms with van der Waals surface area (Å²) in [6.45, 7) is 0.0991. The summed E-state index contributed by atoms with van der Waals surface area (Å²) in [5.41, 5.74) is 0.353. The second-order valence-corrected chi connectivity index (χ2v) is 5.89. The highest BCUT2D eigenvalue weighted by Crippen LogP contribution is 2.18. The third-order valence-electron chi connectivity index (χ3n) is 2.18. The van der Waals surface area contributed by atoms with E-state index in [1.807, 2.05) is 0 Å². The summed E-state index contributed by atoms with van der Waals surface area (Å²) in [6.07, 6.45) is 5.97. The molecule has 1 aliphatic rings. The molecule has 0 unspecified atom stereocenters. The third kappa shape index (κ3) is 4.06. The molecule has 7 nitrogen and oxygen atoms in total. The minimum absolute atomic E-state index is 0.0991. The lowest BCUT2D eigenvalue weighted by Gasteiger charge is -2.02. The van der Waals surface area contributed by atoms with Gasteiger partial charge in [-0.25, -0.2) is 8.42 Å². The van der Waals surface area contributed by atoms with Crippen LogP contribution < -0.4 is 10.0 Å². The number of carbonyl (C=O) groups is 1. The van der Waals surface area contributed by atoms with Gasteiger partial charge in [-0.2, -0.15) is 5.10 Å². The summed E-state index contributed by atoms with van der Waals surface area (Å²) in [5.74, 6) is -0.110. The van der Waals surface area contributed by atoms with Gasteiger partial charge in [0.25, 0.3) is 0 Å². The second-order valence-electron chi connectivity index (χ2n) is 4.14. The number of nitrogens with zero attached hydrogens (tertiary/aromatic N) is 2. The summed E-state index contributed by atoms with van der Waals surface area (Å²) >= 11 is 0. The zero-order chi connectivity index (χ0) is 12.5. The Kier molecular flexibility index (Phi) is 3.05. The van der Waals surface area contributed by atoms with Crippen molar-refractivity contribution >= 4 is 21.6 Å². The zero-order valence-corrected chi connectivity index (χ0v) is 10.2. The van der Waals surface area contributed by atoms with Crippen molar-refractivity contribution in [2.75, 3.05) is 11.0 Å². The molecule has 1 heterocycles. The van der Waals surface area contributed by atoms with E-state index in [2.05, 4.69) is 15.1 Å². The molecular weight excluding hydrogens is 244 g/mol. The van der Waals surface area contributed by atoms with Crippen molar-refractivity contribution < 1.29 is 13.2 Å². The molecule has 0 aromatic carbocycles. The van der Waals surface area contributed by atoms with Gasteiger partial charge < -0.3 is 5.32 Å². The van der Waals surface area contributed by atoms with Gasteiger partial charge in [-0.05, 0) is 12.8 Å². The molecule has 0 atom stereocenters. The molecule has 0 bridgehead atoms. The Morgan fingerprint density at radius 2 is 2.29 bits per heavy atom. The van der Waals surface area contributed by atoms with Crippen molar-refractivity contribution in [3.63, 3.8) is 0 Å². The van der Waals surface area contributed by atoms with Crippen LogP contribution in [0, 0.1) is 0 Å². The molecule has 1 fully saturated rings. The van der Waals surface area contributed by atoms with Crippen LogP contribution in [0.5, 0.6) is 0 Å². The SMILES string of the molecule is CS(=O)(=O)Nc1cnn(CC(=O)NC2CC2)c1. The normalized spacial score (nSPS) is 15.6. The first-order chi connectivity index (χ1) is 7.92. The second kappa shape index (κ2) is 4.36. The number of sulfonamides is 1. The van der Waals surface area contributed by atoms with Crippen LogP contribution in [0.1, 0.15) is 12.8 Å². The molecule has 0 aliphatic heterocycles. The first-order valence-corrected chi connectivity index (χ1v) is 7.11. The molecule has 0 radical (unpaired) electrons. The highest BCUT2D eigenvalue weighted by Gasteiger charge is 2.23. The van der Waals surface area contributed by atoms with Crippen molar-refractivity contribution in [3.05, 3.63) is 12.4 Å². The highest BCUT2D eigenvalue weighted by molar-refractivity contribution is 7.92. The Bertz CT molecular complexity index is 518. The van der Waals surface area contributed by atoms with Crippen molar-refractivity contribution in [1.29, 1.82) is 0 Å². The summed E-state index contributed by atoms with van der Waals surface area (Å²) in [5, 5.41) is 6.72. The quantitative estimate of drug-likeness (QED) is 0.747. The number of amides is 1. The van der Waals surface area contributed by atoms with Crippen LogP contribution in [-0.2, 0) is 21.4 Å². The molecule has 1 aromatic rings. The molecule has 1 aliphatic carbocycles. The minimum Gasteiger partial charge on any atom is -0.352 e. The van der Waals surface area contributed by atoms with E-state index in [-0.39, 0.29) is 12.5 Å². The van der Waals surface area contributed by atoms with Gasteiger partial charge in [0.1, 0.15) is 6.54 Å². The summed E-state index contributed by atoms with van der Waals surface area (Å²) in [4.78, 5) is 11.4. The molecule has 0 spiro atoms. The lowest BCUT2D eigenvalue weighted by molar-refractivity contribution is -0.122. The Morgan fingerprint density at radius 1 is 1.59 bits per heavy atom. The fourth-order valence-electron chi connectivity index (χ4n) is 1.36. The van der Waals surface area contributed by atoms with Crippen LogP contribution >= 0.6 is 0 Å². The van der Waals surface area contributed by atoms with E-state index in [1.54, 1.807) is 0 Å². The number of hydrogen-bond donors (Lipinski definition) is 2. The number of aromatic nitrogens is 2. The molecule has 2 rings (SSSR count). The number of nitrogens with one attached hydrogen (secondary N) is 2. The maximum Gasteiger partial charge on any atom is 0.241 e. The Morgan fingerprint density at radius 3 is 2.88 bits per heavy atom. The van der Waals surface area contributed by atoms with Gasteiger partial charge >= 0.3 is 0 Å². The largest absolute Gasteiger partial charge is 0.352 e. The Balaban J connectivity index is 1.91. The van der Waals surface area contributed by atoms with Crippen molar-refractivity contribution in [1.82, 2.24) is 15.1 Å². The molecule has 2 N–H and O–H groups in total. The van der Waals surface area contributed by atoms with E-state index in [0.29, 0.717) is 11.7 Å². The molecule has 1 amide bonds. The topological polar surface area (TPSA) is 93.1 Å². The standard InChI is InChI=1S/C9H14N4O3S/c1-17(15,16)12-8-4-10-13(5-8)6-9(14)11-7-2-3-7/h4-5,7,12H,2-3,6H2,1H3,(H,11,14). The highest BCUT2D eigenvalue weighted by atomic mass is 32.2. The van der Waals surface area contributed by atoms with Crippen LogP contribution in [0.25, 0.3) is 0 Å². The molecular formula is C9H14N4O3S. The summed E-state index contributed by atoms with van der Waals surface area (Å²) in [7, 11) is -3.31. The number of carbonyl (C=O) groups excluding carboxylic acids is 1. The lowest BCUT2D eigenvalue weighted by atomic mass is 10.5. The van der Waals surface area contributed by atoms with Gasteiger partial charge in [0.05, 0.1) is 18.1 Å². The van der Waals surface area contributed by atoms with E-state index in [4.69, 9.17) is 0 Å². The van der Waals surface area contributed by atoms with Crippen LogP contribution in [0.15, 0.2) is 12.4 Å². The molecule has 1 aromatic heterocycles. The molecule has 1 saturated carbocycles. The van der Waals surface area contributed by atoms with Crippen LogP contribution in [0.3, 0.4) is 0 Å². The lowest BCUT2D eigenvalue weighted by Crippen LogP contribution is -2.29.